The molecule has 0 aliphatic carbocycles. The molecule has 0 spiro atoms. The van der Waals surface area contributed by atoms with Crippen molar-refractivity contribution >= 4 is 17.5 Å². The molecule has 5 nitrogen and oxygen atoms in total. The van der Waals surface area contributed by atoms with Crippen LogP contribution in [0.4, 0.5) is 5.69 Å². The fraction of sp³-hybridized carbons (Fsp3) is 0.500. The van der Waals surface area contributed by atoms with Crippen LogP contribution in [-0.4, -0.2) is 18.9 Å². The summed E-state index contributed by atoms with van der Waals surface area (Å²) >= 11 is 0. The molecule has 0 radical (unpaired) electrons. The summed E-state index contributed by atoms with van der Waals surface area (Å²) in [5.41, 5.74) is 14.6. The van der Waals surface area contributed by atoms with E-state index in [1.54, 1.807) is 4.90 Å². The fourth-order valence-corrected chi connectivity index (χ4v) is 2.74. The lowest BCUT2D eigenvalue weighted by atomic mass is 9.94. The molecule has 114 valence electrons. The first-order chi connectivity index (χ1) is 9.99. The van der Waals surface area contributed by atoms with E-state index in [1.807, 2.05) is 19.2 Å². The highest BCUT2D eigenvalue weighted by Crippen LogP contribution is 2.30. The molecular weight excluding hydrogens is 266 g/mol. The second kappa shape index (κ2) is 6.72. The first kappa shape index (κ1) is 15.5. The number of nitrogens with zero attached hydrogens (tertiary/aromatic N) is 1. The summed E-state index contributed by atoms with van der Waals surface area (Å²) in [6.45, 7) is 0. The van der Waals surface area contributed by atoms with Gasteiger partial charge in [0.25, 0.3) is 0 Å². The molecule has 1 aromatic rings. The summed E-state index contributed by atoms with van der Waals surface area (Å²) in [5.74, 6) is -0.101. The molecular formula is C16H23N3O2. The van der Waals surface area contributed by atoms with E-state index in [-0.39, 0.29) is 17.9 Å². The van der Waals surface area contributed by atoms with E-state index in [0.717, 1.165) is 36.9 Å². The van der Waals surface area contributed by atoms with E-state index in [1.165, 1.54) is 5.56 Å². The van der Waals surface area contributed by atoms with Gasteiger partial charge in [0.2, 0.25) is 11.8 Å². The van der Waals surface area contributed by atoms with Crippen LogP contribution in [0.1, 0.15) is 49.3 Å². The molecule has 0 fully saturated rings. The highest BCUT2D eigenvalue weighted by atomic mass is 16.2. The fourth-order valence-electron chi connectivity index (χ4n) is 2.74. The highest BCUT2D eigenvalue weighted by Gasteiger charge is 2.21. The minimum absolute atomic E-state index is 0.0360. The number of hydrogen-bond donors (Lipinski definition) is 2. The molecule has 2 amide bonds. The average Bonchev–Trinajstić information content (AvgIpc) is 2.46. The Labute approximate surface area is 125 Å². The molecule has 1 aliphatic rings. The van der Waals surface area contributed by atoms with Crippen LogP contribution in [0.5, 0.6) is 0 Å². The van der Waals surface area contributed by atoms with Crippen molar-refractivity contribution in [2.45, 2.75) is 44.6 Å². The van der Waals surface area contributed by atoms with Crippen molar-refractivity contribution in [2.75, 3.05) is 11.9 Å². The number of hydrogen-bond acceptors (Lipinski definition) is 3. The average molecular weight is 289 g/mol. The lowest BCUT2D eigenvalue weighted by Crippen LogP contribution is -2.31. The van der Waals surface area contributed by atoms with Crippen LogP contribution in [0.3, 0.4) is 0 Å². The molecule has 4 N–H and O–H groups in total. The van der Waals surface area contributed by atoms with Crippen molar-refractivity contribution in [1.29, 1.82) is 0 Å². The molecule has 0 saturated heterocycles. The van der Waals surface area contributed by atoms with Crippen molar-refractivity contribution in [3.05, 3.63) is 29.3 Å². The van der Waals surface area contributed by atoms with Crippen molar-refractivity contribution in [1.82, 2.24) is 0 Å². The largest absolute Gasteiger partial charge is 0.370 e. The maximum Gasteiger partial charge on any atom is 0.227 e. The molecule has 5 heteroatoms. The van der Waals surface area contributed by atoms with Crippen LogP contribution in [-0.2, 0) is 16.0 Å². The zero-order valence-corrected chi connectivity index (χ0v) is 12.5. The Morgan fingerprint density at radius 3 is 2.81 bits per heavy atom. The maximum atomic E-state index is 11.7. The van der Waals surface area contributed by atoms with Gasteiger partial charge in [0, 0.05) is 31.6 Å². The number of carbonyl (C=O) groups excluding carboxylic acids is 2. The standard InChI is InChI=1S/C16H23N3O2/c1-19-14-8-6-11(10-12(14)7-9-16(19)21)13(17)4-2-3-5-15(18)20/h6,8,10,13H,2-5,7,9,17H2,1H3,(H2,18,20). The number of benzene rings is 1. The Morgan fingerprint density at radius 2 is 2.10 bits per heavy atom. The number of unbranched alkanes of at least 4 members (excludes halogenated alkanes) is 1. The summed E-state index contributed by atoms with van der Waals surface area (Å²) in [4.78, 5) is 24.1. The molecule has 1 aromatic carbocycles. The highest BCUT2D eigenvalue weighted by molar-refractivity contribution is 5.95. The number of carbonyl (C=O) groups is 2. The maximum absolute atomic E-state index is 11.7. The smallest absolute Gasteiger partial charge is 0.227 e. The molecule has 1 aliphatic heterocycles. The van der Waals surface area contributed by atoms with Gasteiger partial charge in [0.05, 0.1) is 0 Å². The Morgan fingerprint density at radius 1 is 1.33 bits per heavy atom. The zero-order chi connectivity index (χ0) is 15.4. The van der Waals surface area contributed by atoms with Crippen LogP contribution in [0.2, 0.25) is 0 Å². The number of nitrogens with two attached hydrogens (primary N) is 2. The van der Waals surface area contributed by atoms with E-state index in [9.17, 15) is 9.59 Å². The number of aryl methyl sites for hydroxylation is 1. The molecule has 0 aromatic heterocycles. The predicted molar refractivity (Wildman–Crippen MR) is 82.8 cm³/mol. The number of fused-ring (bicyclic) bond motifs is 1. The summed E-state index contributed by atoms with van der Waals surface area (Å²) < 4.78 is 0. The third-order valence-corrected chi connectivity index (χ3v) is 4.06. The molecule has 1 unspecified atom stereocenters. The number of anilines is 1. The first-order valence-electron chi connectivity index (χ1n) is 7.42. The van der Waals surface area contributed by atoms with Crippen LogP contribution in [0, 0.1) is 0 Å². The SMILES string of the molecule is CN1C(=O)CCc2cc(C(N)CCCCC(N)=O)ccc21. The minimum atomic E-state index is -0.259. The Hall–Kier alpha value is -1.88. The minimum Gasteiger partial charge on any atom is -0.370 e. The van der Waals surface area contributed by atoms with Crippen molar-refractivity contribution < 1.29 is 9.59 Å². The van der Waals surface area contributed by atoms with Gasteiger partial charge in [-0.05, 0) is 36.5 Å². The number of amides is 2. The van der Waals surface area contributed by atoms with Gasteiger partial charge in [-0.1, -0.05) is 18.6 Å². The number of primary amides is 1. The quantitative estimate of drug-likeness (QED) is 0.780. The Bertz CT molecular complexity index is 542. The second-order valence-corrected chi connectivity index (χ2v) is 5.66. The van der Waals surface area contributed by atoms with E-state index >= 15 is 0 Å². The molecule has 2 rings (SSSR count). The van der Waals surface area contributed by atoms with Crippen LogP contribution < -0.4 is 16.4 Å². The van der Waals surface area contributed by atoms with Gasteiger partial charge in [0.1, 0.15) is 0 Å². The summed E-state index contributed by atoms with van der Waals surface area (Å²) in [5, 5.41) is 0. The van der Waals surface area contributed by atoms with Crippen LogP contribution >= 0.6 is 0 Å². The normalized spacial score (nSPS) is 15.7. The topological polar surface area (TPSA) is 89.4 Å². The predicted octanol–water partition coefficient (Wildman–Crippen LogP) is 1.64. The van der Waals surface area contributed by atoms with Crippen molar-refractivity contribution in [3.8, 4) is 0 Å². The van der Waals surface area contributed by atoms with E-state index in [0.29, 0.717) is 12.8 Å². The second-order valence-electron chi connectivity index (χ2n) is 5.66. The van der Waals surface area contributed by atoms with Gasteiger partial charge >= 0.3 is 0 Å². The summed E-state index contributed by atoms with van der Waals surface area (Å²) in [6, 6.07) is 6.04. The summed E-state index contributed by atoms with van der Waals surface area (Å²) in [6.07, 6.45) is 4.26. The third kappa shape index (κ3) is 3.82. The molecule has 1 atom stereocenters. The lowest BCUT2D eigenvalue weighted by molar-refractivity contribution is -0.119. The lowest BCUT2D eigenvalue weighted by Gasteiger charge is -2.26. The Kier molecular flexibility index (Phi) is 4.96. The van der Waals surface area contributed by atoms with Crippen molar-refractivity contribution in [3.63, 3.8) is 0 Å². The van der Waals surface area contributed by atoms with Gasteiger partial charge < -0.3 is 16.4 Å². The Balaban J connectivity index is 1.98. The van der Waals surface area contributed by atoms with Gasteiger partial charge in [-0.2, -0.15) is 0 Å². The van der Waals surface area contributed by atoms with E-state index < -0.39 is 0 Å². The third-order valence-electron chi connectivity index (χ3n) is 4.06. The van der Waals surface area contributed by atoms with Gasteiger partial charge in [0.15, 0.2) is 0 Å². The van der Waals surface area contributed by atoms with Crippen LogP contribution in [0.15, 0.2) is 18.2 Å². The van der Waals surface area contributed by atoms with Gasteiger partial charge in [-0.15, -0.1) is 0 Å². The first-order valence-corrected chi connectivity index (χ1v) is 7.42. The number of rotatable bonds is 6. The van der Waals surface area contributed by atoms with Gasteiger partial charge in [-0.25, -0.2) is 0 Å². The monoisotopic (exact) mass is 289 g/mol. The molecule has 0 bridgehead atoms. The van der Waals surface area contributed by atoms with E-state index in [4.69, 9.17) is 11.5 Å². The summed E-state index contributed by atoms with van der Waals surface area (Å²) in [7, 11) is 1.81. The van der Waals surface area contributed by atoms with E-state index in [2.05, 4.69) is 6.07 Å². The van der Waals surface area contributed by atoms with Gasteiger partial charge in [-0.3, -0.25) is 9.59 Å². The van der Waals surface area contributed by atoms with Crippen molar-refractivity contribution in [2.24, 2.45) is 11.5 Å². The zero-order valence-electron chi connectivity index (χ0n) is 12.5. The van der Waals surface area contributed by atoms with Crippen LogP contribution in [0.25, 0.3) is 0 Å². The molecule has 21 heavy (non-hydrogen) atoms. The molecule has 1 heterocycles. The molecule has 0 saturated carbocycles.